The molecule has 0 unspecified atom stereocenters. The highest BCUT2D eigenvalue weighted by Crippen LogP contribution is 2.39. The van der Waals surface area contributed by atoms with Gasteiger partial charge in [-0.1, -0.05) is 12.1 Å². The molecule has 20 heavy (non-hydrogen) atoms. The normalized spacial score (nSPS) is 14.3. The topological polar surface area (TPSA) is 37.8 Å². The number of nitrogens with zero attached hydrogens (tertiary/aromatic N) is 2. The van der Waals surface area contributed by atoms with Crippen molar-refractivity contribution in [3.8, 4) is 0 Å². The van der Waals surface area contributed by atoms with Crippen LogP contribution in [0.1, 0.15) is 42.8 Å². The van der Waals surface area contributed by atoms with E-state index in [1.807, 2.05) is 19.1 Å². The Morgan fingerprint density at radius 3 is 2.80 bits per heavy atom. The van der Waals surface area contributed by atoms with Crippen LogP contribution in [-0.2, 0) is 6.42 Å². The summed E-state index contributed by atoms with van der Waals surface area (Å²) in [7, 11) is 0. The lowest BCUT2D eigenvalue weighted by Crippen LogP contribution is -2.06. The second-order valence-electron chi connectivity index (χ2n) is 5.21. The molecule has 0 aliphatic heterocycles. The van der Waals surface area contributed by atoms with Crippen molar-refractivity contribution in [2.75, 3.05) is 11.9 Å². The molecule has 1 N–H and O–H groups in total. The third kappa shape index (κ3) is 3.13. The molecular weight excluding hydrogens is 253 g/mol. The van der Waals surface area contributed by atoms with Crippen molar-refractivity contribution in [1.82, 2.24) is 9.97 Å². The maximum absolute atomic E-state index is 13.2. The number of halogens is 1. The van der Waals surface area contributed by atoms with Gasteiger partial charge in [0.15, 0.2) is 0 Å². The first-order chi connectivity index (χ1) is 9.74. The highest BCUT2D eigenvalue weighted by molar-refractivity contribution is 5.38. The SMILES string of the molecule is CCNc1cc(C2CC2)nc(Cc2cccc(F)c2)n1. The van der Waals surface area contributed by atoms with E-state index in [2.05, 4.69) is 15.3 Å². The minimum atomic E-state index is -0.215. The Labute approximate surface area is 118 Å². The number of hydrogen-bond acceptors (Lipinski definition) is 3. The third-order valence-electron chi connectivity index (χ3n) is 3.40. The quantitative estimate of drug-likeness (QED) is 0.904. The van der Waals surface area contributed by atoms with Gasteiger partial charge >= 0.3 is 0 Å². The van der Waals surface area contributed by atoms with Gasteiger partial charge in [0.1, 0.15) is 17.5 Å². The summed E-state index contributed by atoms with van der Waals surface area (Å²) in [5, 5.41) is 3.24. The molecule has 0 bridgehead atoms. The maximum atomic E-state index is 13.2. The molecule has 1 aromatic carbocycles. The van der Waals surface area contributed by atoms with Gasteiger partial charge in [-0.15, -0.1) is 0 Å². The van der Waals surface area contributed by atoms with E-state index in [1.54, 1.807) is 12.1 Å². The van der Waals surface area contributed by atoms with Crippen LogP contribution in [0.4, 0.5) is 10.2 Å². The van der Waals surface area contributed by atoms with Crippen LogP contribution in [0, 0.1) is 5.82 Å². The van der Waals surface area contributed by atoms with Crippen LogP contribution >= 0.6 is 0 Å². The predicted molar refractivity (Wildman–Crippen MR) is 77.4 cm³/mol. The van der Waals surface area contributed by atoms with Crippen LogP contribution < -0.4 is 5.32 Å². The fraction of sp³-hybridized carbons (Fsp3) is 0.375. The van der Waals surface area contributed by atoms with Crippen LogP contribution in [0.15, 0.2) is 30.3 Å². The van der Waals surface area contributed by atoms with E-state index in [1.165, 1.54) is 18.9 Å². The van der Waals surface area contributed by atoms with Gasteiger partial charge in [0.25, 0.3) is 0 Å². The first kappa shape index (κ1) is 13.0. The lowest BCUT2D eigenvalue weighted by atomic mass is 10.1. The summed E-state index contributed by atoms with van der Waals surface area (Å²) < 4.78 is 13.2. The predicted octanol–water partition coefficient (Wildman–Crippen LogP) is 3.52. The number of aromatic nitrogens is 2. The molecule has 1 aliphatic carbocycles. The average Bonchev–Trinajstić information content (AvgIpc) is 3.23. The van der Waals surface area contributed by atoms with Crippen molar-refractivity contribution in [2.45, 2.75) is 32.1 Å². The van der Waals surface area contributed by atoms with Gasteiger partial charge in [0.2, 0.25) is 0 Å². The van der Waals surface area contributed by atoms with Gasteiger partial charge in [0.05, 0.1) is 0 Å². The summed E-state index contributed by atoms with van der Waals surface area (Å²) in [5.41, 5.74) is 2.02. The van der Waals surface area contributed by atoms with E-state index >= 15 is 0 Å². The third-order valence-corrected chi connectivity index (χ3v) is 3.40. The van der Waals surface area contributed by atoms with E-state index in [0.29, 0.717) is 12.3 Å². The molecule has 1 fully saturated rings. The molecule has 1 aliphatic rings. The lowest BCUT2D eigenvalue weighted by molar-refractivity contribution is 0.625. The van der Waals surface area contributed by atoms with E-state index in [9.17, 15) is 4.39 Å². The second kappa shape index (κ2) is 5.57. The zero-order chi connectivity index (χ0) is 13.9. The van der Waals surface area contributed by atoms with Gasteiger partial charge in [-0.25, -0.2) is 14.4 Å². The highest BCUT2D eigenvalue weighted by atomic mass is 19.1. The van der Waals surface area contributed by atoms with Crippen LogP contribution in [0.5, 0.6) is 0 Å². The summed E-state index contributed by atoms with van der Waals surface area (Å²) in [6.07, 6.45) is 2.99. The Hall–Kier alpha value is -1.97. The highest BCUT2D eigenvalue weighted by Gasteiger charge is 2.26. The fourth-order valence-corrected chi connectivity index (χ4v) is 2.29. The van der Waals surface area contributed by atoms with Crippen LogP contribution in [0.3, 0.4) is 0 Å². The van der Waals surface area contributed by atoms with E-state index in [4.69, 9.17) is 0 Å². The molecule has 0 radical (unpaired) electrons. The molecular formula is C16H18FN3. The van der Waals surface area contributed by atoms with Gasteiger partial charge < -0.3 is 5.32 Å². The van der Waals surface area contributed by atoms with Gasteiger partial charge in [-0.2, -0.15) is 0 Å². The summed E-state index contributed by atoms with van der Waals surface area (Å²) in [4.78, 5) is 9.14. The molecule has 1 saturated carbocycles. The maximum Gasteiger partial charge on any atom is 0.135 e. The fourth-order valence-electron chi connectivity index (χ4n) is 2.29. The summed E-state index contributed by atoms with van der Waals surface area (Å²) in [6, 6.07) is 8.66. The van der Waals surface area contributed by atoms with Crippen LogP contribution in [0.25, 0.3) is 0 Å². The number of rotatable bonds is 5. The number of benzene rings is 1. The van der Waals surface area contributed by atoms with Crippen molar-refractivity contribution in [1.29, 1.82) is 0 Å². The Kier molecular flexibility index (Phi) is 3.63. The summed E-state index contributed by atoms with van der Waals surface area (Å²) in [5.74, 6) is 2.00. The molecule has 3 nitrogen and oxygen atoms in total. The standard InChI is InChI=1S/C16H18FN3/c1-2-18-15-10-14(12-6-7-12)19-16(20-15)9-11-4-3-5-13(17)8-11/h3-5,8,10,12H,2,6-7,9H2,1H3,(H,18,19,20). The van der Waals surface area contributed by atoms with Crippen LogP contribution in [-0.4, -0.2) is 16.5 Å². The zero-order valence-corrected chi connectivity index (χ0v) is 11.6. The van der Waals surface area contributed by atoms with Crippen molar-refractivity contribution in [3.63, 3.8) is 0 Å². The summed E-state index contributed by atoms with van der Waals surface area (Å²) in [6.45, 7) is 2.88. The molecule has 0 spiro atoms. The molecule has 3 rings (SSSR count). The minimum Gasteiger partial charge on any atom is -0.370 e. The second-order valence-corrected chi connectivity index (χ2v) is 5.21. The Morgan fingerprint density at radius 2 is 2.10 bits per heavy atom. The van der Waals surface area contributed by atoms with Crippen LogP contribution in [0.2, 0.25) is 0 Å². The van der Waals surface area contributed by atoms with E-state index < -0.39 is 0 Å². The smallest absolute Gasteiger partial charge is 0.135 e. The van der Waals surface area contributed by atoms with Gasteiger partial charge in [-0.3, -0.25) is 0 Å². The van der Waals surface area contributed by atoms with Crippen molar-refractivity contribution < 1.29 is 4.39 Å². The van der Waals surface area contributed by atoms with Crippen molar-refractivity contribution >= 4 is 5.82 Å². The number of hydrogen-bond donors (Lipinski definition) is 1. The Balaban J connectivity index is 1.87. The molecule has 0 amide bonds. The Bertz CT molecular complexity index is 608. The zero-order valence-electron chi connectivity index (χ0n) is 11.6. The molecule has 104 valence electrons. The van der Waals surface area contributed by atoms with E-state index in [-0.39, 0.29) is 5.82 Å². The van der Waals surface area contributed by atoms with Gasteiger partial charge in [-0.05, 0) is 37.5 Å². The molecule has 0 atom stereocenters. The minimum absolute atomic E-state index is 0.215. The summed E-state index contributed by atoms with van der Waals surface area (Å²) >= 11 is 0. The van der Waals surface area contributed by atoms with Crippen molar-refractivity contribution in [3.05, 3.63) is 53.2 Å². The first-order valence-electron chi connectivity index (χ1n) is 7.11. The average molecular weight is 271 g/mol. The Morgan fingerprint density at radius 1 is 1.25 bits per heavy atom. The molecule has 1 heterocycles. The molecule has 1 aromatic heterocycles. The number of anilines is 1. The molecule has 4 heteroatoms. The van der Waals surface area contributed by atoms with Gasteiger partial charge in [0, 0.05) is 30.6 Å². The molecule has 2 aromatic rings. The molecule has 0 saturated heterocycles. The largest absolute Gasteiger partial charge is 0.370 e. The number of nitrogens with one attached hydrogen (secondary N) is 1. The van der Waals surface area contributed by atoms with Crippen molar-refractivity contribution in [2.24, 2.45) is 0 Å². The van der Waals surface area contributed by atoms with E-state index in [0.717, 1.165) is 29.4 Å². The first-order valence-corrected chi connectivity index (χ1v) is 7.11. The lowest BCUT2D eigenvalue weighted by Gasteiger charge is -2.08. The monoisotopic (exact) mass is 271 g/mol.